The van der Waals surface area contributed by atoms with E-state index in [4.69, 9.17) is 5.73 Å². The highest BCUT2D eigenvalue weighted by Gasteiger charge is 1.87. The lowest BCUT2D eigenvalue weighted by Crippen LogP contribution is -1.90. The summed E-state index contributed by atoms with van der Waals surface area (Å²) in [7, 11) is 0. The minimum atomic E-state index is 0.558. The summed E-state index contributed by atoms with van der Waals surface area (Å²) in [5, 5.41) is 0. The maximum Gasteiger partial charge on any atom is 0.124 e. The Morgan fingerprint density at radius 2 is 2.33 bits per heavy atom. The molecule has 0 aliphatic rings. The number of pyridine rings is 1. The zero-order chi connectivity index (χ0) is 8.81. The number of nitrogen functional groups attached to an aromatic ring is 1. The third kappa shape index (κ3) is 2.96. The molecule has 0 unspecified atom stereocenters. The Hall–Kier alpha value is -0.960. The lowest BCUT2D eigenvalue weighted by atomic mass is 10.3. The van der Waals surface area contributed by atoms with Crippen molar-refractivity contribution in [1.82, 2.24) is 4.98 Å². The van der Waals surface area contributed by atoms with Crippen LogP contribution in [0.25, 0.3) is 6.08 Å². The van der Waals surface area contributed by atoms with E-state index in [0.717, 1.165) is 17.9 Å². The molecule has 1 rings (SSSR count). The fourth-order valence-corrected chi connectivity index (χ4v) is 0.989. The van der Waals surface area contributed by atoms with Crippen molar-refractivity contribution in [3.63, 3.8) is 0 Å². The summed E-state index contributed by atoms with van der Waals surface area (Å²) in [4.78, 5) is 4.11. The summed E-state index contributed by atoms with van der Waals surface area (Å²) in [6.45, 7) is 0. The Balaban J connectivity index is 2.63. The number of hydrogen-bond donors (Lipinski definition) is 2. The summed E-state index contributed by atoms with van der Waals surface area (Å²) >= 11 is 4.09. The van der Waals surface area contributed by atoms with Crippen molar-refractivity contribution < 1.29 is 0 Å². The first-order chi connectivity index (χ1) is 5.83. The zero-order valence-corrected chi connectivity index (χ0v) is 7.67. The van der Waals surface area contributed by atoms with Crippen LogP contribution in [-0.2, 0) is 0 Å². The molecule has 0 atom stereocenters. The first kappa shape index (κ1) is 9.13. The van der Waals surface area contributed by atoms with E-state index in [1.165, 1.54) is 0 Å². The Labute approximate surface area is 77.9 Å². The molecular weight excluding hydrogens is 168 g/mol. The second-order valence-corrected chi connectivity index (χ2v) is 2.85. The molecule has 0 aromatic carbocycles. The van der Waals surface area contributed by atoms with Crippen molar-refractivity contribution in [2.45, 2.75) is 6.42 Å². The van der Waals surface area contributed by atoms with Crippen LogP contribution in [0.3, 0.4) is 0 Å². The minimum absolute atomic E-state index is 0.558. The fraction of sp³-hybridized carbons (Fsp3) is 0.222. The Morgan fingerprint density at radius 3 is 3.00 bits per heavy atom. The average Bonchev–Trinajstić information content (AvgIpc) is 2.05. The highest BCUT2D eigenvalue weighted by molar-refractivity contribution is 7.80. The van der Waals surface area contributed by atoms with Crippen LogP contribution in [0.4, 0.5) is 5.82 Å². The van der Waals surface area contributed by atoms with Crippen LogP contribution < -0.4 is 5.73 Å². The van der Waals surface area contributed by atoms with Gasteiger partial charge in [-0.3, -0.25) is 0 Å². The van der Waals surface area contributed by atoms with E-state index in [-0.39, 0.29) is 0 Å². The van der Waals surface area contributed by atoms with E-state index in [1.807, 2.05) is 24.3 Å². The molecule has 0 aliphatic heterocycles. The van der Waals surface area contributed by atoms with Crippen LogP contribution in [0.15, 0.2) is 24.3 Å². The van der Waals surface area contributed by atoms with Gasteiger partial charge >= 0.3 is 0 Å². The van der Waals surface area contributed by atoms with Gasteiger partial charge in [0, 0.05) is 0 Å². The Morgan fingerprint density at radius 1 is 1.50 bits per heavy atom. The molecule has 0 radical (unpaired) electrons. The van der Waals surface area contributed by atoms with Crippen molar-refractivity contribution in [1.29, 1.82) is 0 Å². The normalized spacial score (nSPS) is 10.8. The van der Waals surface area contributed by atoms with Crippen LogP contribution in [0.2, 0.25) is 0 Å². The highest BCUT2D eigenvalue weighted by Crippen LogP contribution is 2.02. The monoisotopic (exact) mass is 180 g/mol. The molecule has 0 amide bonds. The van der Waals surface area contributed by atoms with Crippen LogP contribution in [0.1, 0.15) is 12.1 Å². The number of nitrogens with two attached hydrogens (primary N) is 1. The third-order valence-electron chi connectivity index (χ3n) is 1.38. The number of anilines is 1. The average molecular weight is 180 g/mol. The smallest absolute Gasteiger partial charge is 0.124 e. The number of rotatable bonds is 3. The minimum Gasteiger partial charge on any atom is -0.384 e. The van der Waals surface area contributed by atoms with Gasteiger partial charge in [0.05, 0.1) is 5.69 Å². The number of nitrogens with zero attached hydrogens (tertiary/aromatic N) is 1. The number of aromatic nitrogens is 1. The van der Waals surface area contributed by atoms with Crippen molar-refractivity contribution in [2.24, 2.45) is 0 Å². The van der Waals surface area contributed by atoms with Crippen molar-refractivity contribution in [3.8, 4) is 0 Å². The van der Waals surface area contributed by atoms with Crippen molar-refractivity contribution in [3.05, 3.63) is 30.0 Å². The first-order valence-electron chi connectivity index (χ1n) is 3.83. The van der Waals surface area contributed by atoms with E-state index in [9.17, 15) is 0 Å². The van der Waals surface area contributed by atoms with Gasteiger partial charge in [-0.15, -0.1) is 0 Å². The Kier molecular flexibility index (Phi) is 3.67. The number of allylic oxidation sites excluding steroid dienone is 1. The summed E-state index contributed by atoms with van der Waals surface area (Å²) in [6, 6.07) is 5.59. The van der Waals surface area contributed by atoms with E-state index in [0.29, 0.717) is 5.82 Å². The van der Waals surface area contributed by atoms with Crippen LogP contribution in [-0.4, -0.2) is 10.7 Å². The predicted octanol–water partition coefficient (Wildman–Crippen LogP) is 2.00. The van der Waals surface area contributed by atoms with E-state index in [1.54, 1.807) is 6.07 Å². The van der Waals surface area contributed by atoms with E-state index >= 15 is 0 Å². The van der Waals surface area contributed by atoms with Gasteiger partial charge in [-0.05, 0) is 30.4 Å². The molecule has 0 fully saturated rings. The second-order valence-electron chi connectivity index (χ2n) is 2.40. The van der Waals surface area contributed by atoms with Gasteiger partial charge < -0.3 is 5.73 Å². The molecule has 64 valence electrons. The Bertz CT molecular complexity index is 271. The third-order valence-corrected chi connectivity index (χ3v) is 1.63. The molecule has 0 aliphatic carbocycles. The van der Waals surface area contributed by atoms with Crippen molar-refractivity contribution >= 4 is 24.5 Å². The molecule has 1 aromatic heterocycles. The summed E-state index contributed by atoms with van der Waals surface area (Å²) in [6.07, 6.45) is 4.95. The molecule has 12 heavy (non-hydrogen) atoms. The lowest BCUT2D eigenvalue weighted by molar-refractivity contribution is 1.25. The maximum absolute atomic E-state index is 5.50. The molecule has 0 saturated carbocycles. The SMILES string of the molecule is Nc1cccc(C=CCCS)n1. The topological polar surface area (TPSA) is 38.9 Å². The molecular formula is C9H12N2S. The van der Waals surface area contributed by atoms with Crippen LogP contribution >= 0.6 is 12.6 Å². The summed E-state index contributed by atoms with van der Waals surface area (Å²) < 4.78 is 0. The molecule has 2 N–H and O–H groups in total. The molecule has 3 heteroatoms. The van der Waals surface area contributed by atoms with Crippen molar-refractivity contribution in [2.75, 3.05) is 11.5 Å². The molecule has 0 saturated heterocycles. The summed E-state index contributed by atoms with van der Waals surface area (Å²) in [5.74, 6) is 1.42. The number of hydrogen-bond acceptors (Lipinski definition) is 3. The number of thiol groups is 1. The maximum atomic E-state index is 5.50. The summed E-state index contributed by atoms with van der Waals surface area (Å²) in [5.41, 5.74) is 6.40. The molecule has 2 nitrogen and oxygen atoms in total. The van der Waals surface area contributed by atoms with Gasteiger partial charge in [-0.25, -0.2) is 4.98 Å². The van der Waals surface area contributed by atoms with Gasteiger partial charge in [0.25, 0.3) is 0 Å². The standard InChI is InChI=1S/C9H12N2S/c10-9-6-3-5-8(11-9)4-1-2-7-12/h1,3-6,12H,2,7H2,(H2,10,11). The predicted molar refractivity (Wildman–Crippen MR) is 56.2 cm³/mol. The molecule has 0 bridgehead atoms. The van der Waals surface area contributed by atoms with Gasteiger partial charge in [-0.1, -0.05) is 12.1 Å². The van der Waals surface area contributed by atoms with Crippen LogP contribution in [0, 0.1) is 0 Å². The van der Waals surface area contributed by atoms with Gasteiger partial charge in [0.1, 0.15) is 5.82 Å². The largest absolute Gasteiger partial charge is 0.384 e. The second kappa shape index (κ2) is 4.83. The first-order valence-corrected chi connectivity index (χ1v) is 4.46. The van der Waals surface area contributed by atoms with Gasteiger partial charge in [0.2, 0.25) is 0 Å². The zero-order valence-electron chi connectivity index (χ0n) is 6.77. The lowest BCUT2D eigenvalue weighted by Gasteiger charge is -1.93. The quantitative estimate of drug-likeness (QED) is 0.698. The van der Waals surface area contributed by atoms with E-state index < -0.39 is 0 Å². The van der Waals surface area contributed by atoms with Gasteiger partial charge in [0.15, 0.2) is 0 Å². The van der Waals surface area contributed by atoms with Gasteiger partial charge in [-0.2, -0.15) is 12.6 Å². The molecule has 1 heterocycles. The fourth-order valence-electron chi connectivity index (χ4n) is 0.840. The molecule has 0 spiro atoms. The highest BCUT2D eigenvalue weighted by atomic mass is 32.1. The van der Waals surface area contributed by atoms with E-state index in [2.05, 4.69) is 17.6 Å². The van der Waals surface area contributed by atoms with Crippen LogP contribution in [0.5, 0.6) is 0 Å². The molecule has 1 aromatic rings.